The van der Waals surface area contributed by atoms with Gasteiger partial charge in [0, 0.05) is 7.05 Å². The Morgan fingerprint density at radius 1 is 1.19 bits per heavy atom. The number of aryl methyl sites for hydroxylation is 3. The lowest BCUT2D eigenvalue weighted by atomic mass is 10.1. The normalized spacial score (nSPS) is 13.2. The molecule has 0 saturated carbocycles. The first-order chi connectivity index (χ1) is 9.88. The molecule has 1 aromatic carbocycles. The zero-order valence-corrected chi connectivity index (χ0v) is 14.3. The molecule has 3 aromatic rings. The maximum Gasteiger partial charge on any atom is 0.294 e. The minimum Gasteiger partial charge on any atom is -0.319 e. The van der Waals surface area contributed by atoms with Crippen molar-refractivity contribution in [3.8, 4) is 0 Å². The summed E-state index contributed by atoms with van der Waals surface area (Å²) in [5.41, 5.74) is 3.38. The summed E-state index contributed by atoms with van der Waals surface area (Å²) in [6.45, 7) is 4.10. The lowest BCUT2D eigenvalue weighted by molar-refractivity contribution is 0.598. The molecule has 0 spiro atoms. The third-order valence-electron chi connectivity index (χ3n) is 3.37. The average Bonchev–Trinajstić information content (AvgIpc) is 3.03. The lowest BCUT2D eigenvalue weighted by Crippen LogP contribution is -2.13. The van der Waals surface area contributed by atoms with Gasteiger partial charge in [-0.25, -0.2) is 0 Å². The van der Waals surface area contributed by atoms with Crippen LogP contribution in [0.5, 0.6) is 0 Å². The molecule has 0 aliphatic carbocycles. The van der Waals surface area contributed by atoms with Gasteiger partial charge in [0.15, 0.2) is 0 Å². The van der Waals surface area contributed by atoms with Crippen molar-refractivity contribution in [3.63, 3.8) is 0 Å². The van der Waals surface area contributed by atoms with E-state index < -0.39 is 10.0 Å². The number of hydrogen-bond donors (Lipinski definition) is 0. The number of thiazole rings is 1. The Balaban J connectivity index is 2.26. The number of hydrogen-bond acceptors (Lipinski definition) is 4. The molecule has 0 saturated heterocycles. The van der Waals surface area contributed by atoms with Crippen molar-refractivity contribution in [2.45, 2.75) is 18.1 Å². The van der Waals surface area contributed by atoms with Crippen molar-refractivity contribution in [1.82, 2.24) is 4.57 Å². The fraction of sp³-hybridized carbons (Fsp3) is 0.214. The van der Waals surface area contributed by atoms with E-state index >= 15 is 0 Å². The van der Waals surface area contributed by atoms with Crippen LogP contribution in [0.4, 0.5) is 0 Å². The van der Waals surface area contributed by atoms with Crippen LogP contribution in [0.3, 0.4) is 0 Å². The Morgan fingerprint density at radius 3 is 2.57 bits per heavy atom. The highest BCUT2D eigenvalue weighted by Gasteiger charge is 2.15. The van der Waals surface area contributed by atoms with E-state index in [0.29, 0.717) is 4.80 Å². The zero-order valence-electron chi connectivity index (χ0n) is 11.8. The van der Waals surface area contributed by atoms with E-state index in [0.717, 1.165) is 10.2 Å². The molecule has 4 nitrogen and oxygen atoms in total. The number of aromatic nitrogens is 1. The Hall–Kier alpha value is -1.44. The van der Waals surface area contributed by atoms with Crippen LogP contribution in [0.2, 0.25) is 0 Å². The number of thiophene rings is 1. The van der Waals surface area contributed by atoms with Gasteiger partial charge in [-0.3, -0.25) is 0 Å². The van der Waals surface area contributed by atoms with Crippen LogP contribution in [0.15, 0.2) is 38.3 Å². The SMILES string of the molecule is Cc1cc2s/c(=N\S(=O)(=O)c3cccs3)n(C)c2cc1C. The van der Waals surface area contributed by atoms with Gasteiger partial charge in [0.1, 0.15) is 4.21 Å². The van der Waals surface area contributed by atoms with E-state index in [-0.39, 0.29) is 4.21 Å². The summed E-state index contributed by atoms with van der Waals surface area (Å²) in [6.07, 6.45) is 0. The molecule has 0 radical (unpaired) electrons. The summed E-state index contributed by atoms with van der Waals surface area (Å²) in [6, 6.07) is 7.43. The lowest BCUT2D eigenvalue weighted by Gasteiger charge is -2.00. The molecule has 0 fully saturated rings. The molecule has 0 atom stereocenters. The maximum absolute atomic E-state index is 12.3. The van der Waals surface area contributed by atoms with Crippen molar-refractivity contribution in [2.75, 3.05) is 0 Å². The minimum atomic E-state index is -3.63. The van der Waals surface area contributed by atoms with Crippen LogP contribution in [0.1, 0.15) is 11.1 Å². The molecule has 21 heavy (non-hydrogen) atoms. The van der Waals surface area contributed by atoms with Gasteiger partial charge in [0.25, 0.3) is 10.0 Å². The van der Waals surface area contributed by atoms with E-state index in [2.05, 4.69) is 16.5 Å². The van der Waals surface area contributed by atoms with Crippen molar-refractivity contribution in [1.29, 1.82) is 0 Å². The van der Waals surface area contributed by atoms with Crippen molar-refractivity contribution in [3.05, 3.63) is 45.6 Å². The second-order valence-electron chi connectivity index (χ2n) is 4.85. The molecule has 0 bridgehead atoms. The summed E-state index contributed by atoms with van der Waals surface area (Å²) in [5, 5.41) is 1.74. The summed E-state index contributed by atoms with van der Waals surface area (Å²) < 4.78 is 31.7. The van der Waals surface area contributed by atoms with Gasteiger partial charge >= 0.3 is 0 Å². The van der Waals surface area contributed by atoms with Crippen molar-refractivity contribution in [2.24, 2.45) is 11.4 Å². The van der Waals surface area contributed by atoms with Crippen LogP contribution in [0.25, 0.3) is 10.2 Å². The van der Waals surface area contributed by atoms with Crippen LogP contribution in [-0.2, 0) is 17.1 Å². The molecule has 2 heterocycles. The van der Waals surface area contributed by atoms with Crippen molar-refractivity contribution >= 4 is 42.9 Å². The number of fused-ring (bicyclic) bond motifs is 1. The molecule has 0 unspecified atom stereocenters. The second kappa shape index (κ2) is 5.08. The summed E-state index contributed by atoms with van der Waals surface area (Å²) in [7, 11) is -1.78. The highest BCUT2D eigenvalue weighted by atomic mass is 32.2. The van der Waals surface area contributed by atoms with E-state index in [1.807, 2.05) is 25.5 Å². The molecule has 110 valence electrons. The first-order valence-corrected chi connectivity index (χ1v) is 9.43. The minimum absolute atomic E-state index is 0.271. The van der Waals surface area contributed by atoms with Gasteiger partial charge in [-0.1, -0.05) is 17.4 Å². The summed E-state index contributed by atoms with van der Waals surface area (Å²) >= 11 is 2.57. The van der Waals surface area contributed by atoms with E-state index in [1.165, 1.54) is 33.8 Å². The van der Waals surface area contributed by atoms with Gasteiger partial charge in [-0.05, 0) is 48.6 Å². The van der Waals surface area contributed by atoms with E-state index in [9.17, 15) is 8.42 Å². The van der Waals surface area contributed by atoms with Gasteiger partial charge in [-0.15, -0.1) is 15.7 Å². The third kappa shape index (κ3) is 2.56. The van der Waals surface area contributed by atoms with Crippen LogP contribution in [-0.4, -0.2) is 13.0 Å². The first-order valence-electron chi connectivity index (χ1n) is 6.30. The van der Waals surface area contributed by atoms with Crippen molar-refractivity contribution < 1.29 is 8.42 Å². The summed E-state index contributed by atoms with van der Waals surface area (Å²) in [5.74, 6) is 0. The topological polar surface area (TPSA) is 51.4 Å². The second-order valence-corrected chi connectivity index (χ2v) is 8.63. The standard InChI is InChI=1S/C14H14N2O2S3/c1-9-7-11-12(8-10(9)2)20-14(16(11)3)15-21(17,18)13-5-4-6-19-13/h4-8H,1-3H3/b15-14-. The van der Waals surface area contributed by atoms with Gasteiger partial charge in [0.2, 0.25) is 4.80 Å². The molecule has 0 amide bonds. The number of benzene rings is 1. The highest BCUT2D eigenvalue weighted by Crippen LogP contribution is 2.22. The zero-order chi connectivity index (χ0) is 15.2. The molecule has 0 N–H and O–H groups in total. The molecule has 7 heteroatoms. The Kier molecular flexibility index (Phi) is 3.51. The molecule has 2 aromatic heterocycles. The van der Waals surface area contributed by atoms with E-state index in [4.69, 9.17) is 0 Å². The van der Waals surface area contributed by atoms with Gasteiger partial charge < -0.3 is 4.57 Å². The monoisotopic (exact) mass is 338 g/mol. The van der Waals surface area contributed by atoms with Crippen LogP contribution >= 0.6 is 22.7 Å². The molecule has 3 rings (SSSR count). The van der Waals surface area contributed by atoms with Gasteiger partial charge in [-0.2, -0.15) is 8.42 Å². The number of nitrogens with zero attached hydrogens (tertiary/aromatic N) is 2. The largest absolute Gasteiger partial charge is 0.319 e. The third-order valence-corrected chi connectivity index (χ3v) is 7.22. The molecular formula is C14H14N2O2S3. The van der Waals surface area contributed by atoms with Gasteiger partial charge in [0.05, 0.1) is 10.2 Å². The quantitative estimate of drug-likeness (QED) is 0.720. The molecule has 0 aliphatic heterocycles. The van der Waals surface area contributed by atoms with Crippen LogP contribution in [0, 0.1) is 13.8 Å². The van der Waals surface area contributed by atoms with E-state index in [1.54, 1.807) is 17.5 Å². The maximum atomic E-state index is 12.3. The fourth-order valence-corrected chi connectivity index (χ4v) is 5.32. The first kappa shape index (κ1) is 14.5. The summed E-state index contributed by atoms with van der Waals surface area (Å²) in [4.78, 5) is 0.489. The highest BCUT2D eigenvalue weighted by molar-refractivity contribution is 7.92. The molecular weight excluding hydrogens is 324 g/mol. The predicted molar refractivity (Wildman–Crippen MR) is 87.3 cm³/mol. The fourth-order valence-electron chi connectivity index (χ4n) is 2.03. The Bertz CT molecular complexity index is 977. The number of sulfonamides is 1. The molecule has 0 aliphatic rings. The Morgan fingerprint density at radius 2 is 1.90 bits per heavy atom. The Labute approximate surface area is 131 Å². The van der Waals surface area contributed by atoms with Crippen LogP contribution < -0.4 is 4.80 Å². The smallest absolute Gasteiger partial charge is 0.294 e. The number of rotatable bonds is 2. The average molecular weight is 338 g/mol. The predicted octanol–water partition coefficient (Wildman–Crippen LogP) is 3.21.